The molecule has 0 saturated heterocycles. The Morgan fingerprint density at radius 2 is 2.06 bits per heavy atom. The maximum atomic E-state index is 12.3. The van der Waals surface area contributed by atoms with Gasteiger partial charge in [-0.3, -0.25) is 4.79 Å². The minimum Gasteiger partial charge on any atom is -0.329 e. The average molecular weight is 248 g/mol. The van der Waals surface area contributed by atoms with Gasteiger partial charge >= 0.3 is 0 Å². The second-order valence-electron chi connectivity index (χ2n) is 5.43. The van der Waals surface area contributed by atoms with E-state index in [4.69, 9.17) is 0 Å². The Hall–Kier alpha value is -1.12. The summed E-state index contributed by atoms with van der Waals surface area (Å²) in [6.07, 6.45) is 13.1. The van der Waals surface area contributed by atoms with Crippen molar-refractivity contribution >= 4 is 5.78 Å². The standard InChI is InChI=1S/C15H24N2O/c1-2-10-17-11-9-16-15(17)14(18)12-13-7-5-3-4-6-8-13/h9,11,13H,2-8,10,12H2,1H3. The van der Waals surface area contributed by atoms with Gasteiger partial charge in [-0.1, -0.05) is 45.4 Å². The molecule has 0 aliphatic heterocycles. The molecule has 0 unspecified atom stereocenters. The Bertz CT molecular complexity index is 376. The third-order valence-electron chi connectivity index (χ3n) is 3.88. The van der Waals surface area contributed by atoms with Crippen molar-refractivity contribution in [2.75, 3.05) is 0 Å². The molecule has 1 aliphatic rings. The second kappa shape index (κ2) is 6.72. The molecule has 100 valence electrons. The molecular weight excluding hydrogens is 224 g/mol. The van der Waals surface area contributed by atoms with Crippen LogP contribution in [0.15, 0.2) is 12.4 Å². The van der Waals surface area contributed by atoms with Crippen molar-refractivity contribution in [3.8, 4) is 0 Å². The minimum absolute atomic E-state index is 0.236. The highest BCUT2D eigenvalue weighted by molar-refractivity contribution is 5.92. The van der Waals surface area contributed by atoms with Crippen LogP contribution in [0, 0.1) is 5.92 Å². The zero-order chi connectivity index (χ0) is 12.8. The lowest BCUT2D eigenvalue weighted by atomic mass is 9.94. The molecule has 1 heterocycles. The van der Waals surface area contributed by atoms with Crippen molar-refractivity contribution in [3.05, 3.63) is 18.2 Å². The van der Waals surface area contributed by atoms with Crippen LogP contribution in [0.1, 0.15) is 68.9 Å². The largest absolute Gasteiger partial charge is 0.329 e. The predicted octanol–water partition coefficient (Wildman–Crippen LogP) is 3.84. The summed E-state index contributed by atoms with van der Waals surface area (Å²) < 4.78 is 2.00. The van der Waals surface area contributed by atoms with E-state index < -0.39 is 0 Å². The zero-order valence-corrected chi connectivity index (χ0v) is 11.4. The summed E-state index contributed by atoms with van der Waals surface area (Å²) in [5.41, 5.74) is 0. The molecule has 3 heteroatoms. The number of aromatic nitrogens is 2. The van der Waals surface area contributed by atoms with Crippen molar-refractivity contribution in [2.45, 2.75) is 64.8 Å². The number of rotatable bonds is 5. The summed E-state index contributed by atoms with van der Waals surface area (Å²) in [5, 5.41) is 0. The maximum Gasteiger partial charge on any atom is 0.198 e. The van der Waals surface area contributed by atoms with Crippen molar-refractivity contribution in [3.63, 3.8) is 0 Å². The van der Waals surface area contributed by atoms with Crippen molar-refractivity contribution in [1.82, 2.24) is 9.55 Å². The molecule has 2 rings (SSSR count). The quantitative estimate of drug-likeness (QED) is 0.586. The molecule has 1 aromatic rings. The van der Waals surface area contributed by atoms with Crippen LogP contribution in [0.3, 0.4) is 0 Å². The number of imidazole rings is 1. The lowest BCUT2D eigenvalue weighted by Crippen LogP contribution is -2.14. The molecule has 0 atom stereocenters. The van der Waals surface area contributed by atoms with Gasteiger partial charge in [-0.15, -0.1) is 0 Å². The second-order valence-corrected chi connectivity index (χ2v) is 5.43. The number of Topliss-reactive ketones (excluding diaryl/α,β-unsaturated/α-hetero) is 1. The first-order valence-electron chi connectivity index (χ1n) is 7.35. The lowest BCUT2D eigenvalue weighted by molar-refractivity contribution is 0.0942. The number of carbonyl (C=O) groups is 1. The highest BCUT2D eigenvalue weighted by Gasteiger charge is 2.19. The number of nitrogens with zero attached hydrogens (tertiary/aromatic N) is 2. The Morgan fingerprint density at radius 1 is 1.33 bits per heavy atom. The predicted molar refractivity (Wildman–Crippen MR) is 72.7 cm³/mol. The summed E-state index contributed by atoms with van der Waals surface area (Å²) in [6, 6.07) is 0. The normalized spacial score (nSPS) is 17.6. The number of carbonyl (C=O) groups excluding carboxylic acids is 1. The SMILES string of the molecule is CCCn1ccnc1C(=O)CC1CCCCCC1. The van der Waals surface area contributed by atoms with Gasteiger partial charge in [-0.05, 0) is 12.3 Å². The van der Waals surface area contributed by atoms with E-state index in [-0.39, 0.29) is 5.78 Å². The topological polar surface area (TPSA) is 34.9 Å². The molecule has 1 aliphatic carbocycles. The molecule has 1 aromatic heterocycles. The van der Waals surface area contributed by atoms with Gasteiger partial charge in [0.2, 0.25) is 0 Å². The Labute approximate surface area is 110 Å². The summed E-state index contributed by atoms with van der Waals surface area (Å²) in [5.74, 6) is 1.49. The first-order chi connectivity index (χ1) is 8.81. The molecule has 0 bridgehead atoms. The van der Waals surface area contributed by atoms with Gasteiger partial charge in [0, 0.05) is 25.4 Å². The van der Waals surface area contributed by atoms with E-state index in [1.54, 1.807) is 6.20 Å². The number of hydrogen-bond acceptors (Lipinski definition) is 2. The van der Waals surface area contributed by atoms with Gasteiger partial charge in [0.15, 0.2) is 11.6 Å². The molecule has 0 radical (unpaired) electrons. The van der Waals surface area contributed by atoms with Crippen LogP contribution in [-0.4, -0.2) is 15.3 Å². The molecule has 0 spiro atoms. The van der Waals surface area contributed by atoms with Crippen LogP contribution in [0.25, 0.3) is 0 Å². The van der Waals surface area contributed by atoms with Gasteiger partial charge in [0.25, 0.3) is 0 Å². The average Bonchev–Trinajstić information content (AvgIpc) is 2.67. The monoisotopic (exact) mass is 248 g/mol. The fraction of sp³-hybridized carbons (Fsp3) is 0.733. The lowest BCUT2D eigenvalue weighted by Gasteiger charge is -2.13. The van der Waals surface area contributed by atoms with Crippen molar-refractivity contribution < 1.29 is 4.79 Å². The molecule has 0 amide bonds. The van der Waals surface area contributed by atoms with E-state index in [1.807, 2.05) is 10.8 Å². The van der Waals surface area contributed by atoms with E-state index in [0.717, 1.165) is 13.0 Å². The van der Waals surface area contributed by atoms with E-state index in [2.05, 4.69) is 11.9 Å². The highest BCUT2D eigenvalue weighted by atomic mass is 16.1. The van der Waals surface area contributed by atoms with Crippen LogP contribution in [-0.2, 0) is 6.54 Å². The number of ketones is 1. The fourth-order valence-electron chi connectivity index (χ4n) is 2.90. The number of aryl methyl sites for hydroxylation is 1. The molecule has 1 saturated carbocycles. The minimum atomic E-state index is 0.236. The summed E-state index contributed by atoms with van der Waals surface area (Å²) in [6.45, 7) is 3.02. The molecule has 1 fully saturated rings. The Kier molecular flexibility index (Phi) is 4.97. The molecule has 3 nitrogen and oxygen atoms in total. The summed E-state index contributed by atoms with van der Waals surface area (Å²) in [4.78, 5) is 16.5. The number of hydrogen-bond donors (Lipinski definition) is 0. The van der Waals surface area contributed by atoms with E-state index in [1.165, 1.54) is 38.5 Å². The van der Waals surface area contributed by atoms with E-state index >= 15 is 0 Å². The van der Waals surface area contributed by atoms with Gasteiger partial charge in [-0.2, -0.15) is 0 Å². The van der Waals surface area contributed by atoms with Gasteiger partial charge < -0.3 is 4.57 Å². The Balaban J connectivity index is 1.95. The van der Waals surface area contributed by atoms with Gasteiger partial charge in [-0.25, -0.2) is 4.98 Å². The first-order valence-corrected chi connectivity index (χ1v) is 7.35. The zero-order valence-electron chi connectivity index (χ0n) is 11.4. The van der Waals surface area contributed by atoms with Crippen LogP contribution >= 0.6 is 0 Å². The molecule has 18 heavy (non-hydrogen) atoms. The van der Waals surface area contributed by atoms with Crippen LogP contribution in [0.2, 0.25) is 0 Å². The maximum absolute atomic E-state index is 12.3. The van der Waals surface area contributed by atoms with Gasteiger partial charge in [0.05, 0.1) is 0 Å². The van der Waals surface area contributed by atoms with Gasteiger partial charge in [0.1, 0.15) is 0 Å². The summed E-state index contributed by atoms with van der Waals surface area (Å²) in [7, 11) is 0. The van der Waals surface area contributed by atoms with Crippen LogP contribution < -0.4 is 0 Å². The van der Waals surface area contributed by atoms with E-state index in [9.17, 15) is 4.79 Å². The third kappa shape index (κ3) is 3.44. The first kappa shape index (κ1) is 13.3. The fourth-order valence-corrected chi connectivity index (χ4v) is 2.90. The smallest absolute Gasteiger partial charge is 0.198 e. The Morgan fingerprint density at radius 3 is 2.72 bits per heavy atom. The molecule has 0 N–H and O–H groups in total. The van der Waals surface area contributed by atoms with Crippen LogP contribution in [0.4, 0.5) is 0 Å². The van der Waals surface area contributed by atoms with Crippen molar-refractivity contribution in [2.24, 2.45) is 5.92 Å². The van der Waals surface area contributed by atoms with Crippen LogP contribution in [0.5, 0.6) is 0 Å². The highest BCUT2D eigenvalue weighted by Crippen LogP contribution is 2.26. The molecular formula is C15H24N2O. The summed E-state index contributed by atoms with van der Waals surface area (Å²) >= 11 is 0. The third-order valence-corrected chi connectivity index (χ3v) is 3.88. The van der Waals surface area contributed by atoms with Crippen molar-refractivity contribution in [1.29, 1.82) is 0 Å². The van der Waals surface area contributed by atoms with E-state index in [0.29, 0.717) is 18.2 Å². The molecule has 0 aromatic carbocycles.